The summed E-state index contributed by atoms with van der Waals surface area (Å²) in [7, 11) is -0.565. The number of hydrogen-bond acceptors (Lipinski definition) is 4. The maximum Gasteiger partial charge on any atom is 0.306 e. The first-order valence-corrected chi connectivity index (χ1v) is 14.0. The molecule has 0 heterocycles. The molecule has 5 nitrogen and oxygen atoms in total. The summed E-state index contributed by atoms with van der Waals surface area (Å²) in [5, 5.41) is 9.59. The van der Waals surface area contributed by atoms with Crippen LogP contribution >= 0.6 is 15.9 Å². The van der Waals surface area contributed by atoms with Crippen LogP contribution in [0.1, 0.15) is 64.5 Å². The SMILES string of the molecule is COc1cc(C(O[Si](C)(C)C(C)(C)C)[C@H](CC(=O)O)OC2CCCC2)ccc1Br. The van der Waals surface area contributed by atoms with Gasteiger partial charge in [0.2, 0.25) is 0 Å². The molecule has 0 saturated heterocycles. The minimum absolute atomic E-state index is 0.00810. The Balaban J connectivity index is 2.45. The molecule has 1 saturated carbocycles. The highest BCUT2D eigenvalue weighted by molar-refractivity contribution is 9.10. The van der Waals surface area contributed by atoms with Gasteiger partial charge in [-0.3, -0.25) is 4.79 Å². The fourth-order valence-electron chi connectivity index (χ4n) is 3.38. The number of hydrogen-bond donors (Lipinski definition) is 1. The van der Waals surface area contributed by atoms with E-state index in [1.54, 1.807) is 7.11 Å². The van der Waals surface area contributed by atoms with E-state index in [0.29, 0.717) is 5.75 Å². The number of carboxylic acid groups (broad SMARTS) is 1. The number of ether oxygens (including phenoxy) is 2. The highest BCUT2D eigenvalue weighted by atomic mass is 79.9. The van der Waals surface area contributed by atoms with Gasteiger partial charge in [-0.15, -0.1) is 0 Å². The van der Waals surface area contributed by atoms with Crippen molar-refractivity contribution in [3.05, 3.63) is 28.2 Å². The summed E-state index contributed by atoms with van der Waals surface area (Å²) >= 11 is 3.50. The lowest BCUT2D eigenvalue weighted by Crippen LogP contribution is -2.45. The molecule has 29 heavy (non-hydrogen) atoms. The third kappa shape index (κ3) is 6.54. The van der Waals surface area contributed by atoms with Crippen LogP contribution in [0.4, 0.5) is 0 Å². The Labute approximate surface area is 184 Å². The van der Waals surface area contributed by atoms with E-state index in [9.17, 15) is 9.90 Å². The van der Waals surface area contributed by atoms with E-state index < -0.39 is 26.5 Å². The van der Waals surface area contributed by atoms with Crippen molar-refractivity contribution >= 4 is 30.2 Å². The van der Waals surface area contributed by atoms with Crippen molar-refractivity contribution in [3.8, 4) is 5.75 Å². The predicted octanol–water partition coefficient (Wildman–Crippen LogP) is 6.32. The molecular formula is C22H35BrO5Si. The number of methoxy groups -OCH3 is 1. The molecule has 1 unspecified atom stereocenters. The first-order chi connectivity index (χ1) is 13.4. The number of benzene rings is 1. The van der Waals surface area contributed by atoms with Crippen LogP contribution in [-0.4, -0.2) is 38.7 Å². The van der Waals surface area contributed by atoms with Gasteiger partial charge in [-0.2, -0.15) is 0 Å². The van der Waals surface area contributed by atoms with Crippen LogP contribution in [0.5, 0.6) is 5.75 Å². The van der Waals surface area contributed by atoms with Gasteiger partial charge >= 0.3 is 5.97 Å². The van der Waals surface area contributed by atoms with Gasteiger partial charge in [-0.1, -0.05) is 39.7 Å². The van der Waals surface area contributed by atoms with Gasteiger partial charge in [0.25, 0.3) is 0 Å². The minimum atomic E-state index is -2.19. The molecule has 0 radical (unpaired) electrons. The van der Waals surface area contributed by atoms with Crippen molar-refractivity contribution in [2.75, 3.05) is 7.11 Å². The molecule has 2 atom stereocenters. The summed E-state index contributed by atoms with van der Waals surface area (Å²) in [4.78, 5) is 11.7. The Morgan fingerprint density at radius 2 is 1.90 bits per heavy atom. The Morgan fingerprint density at radius 1 is 1.28 bits per heavy atom. The molecule has 1 fully saturated rings. The minimum Gasteiger partial charge on any atom is -0.496 e. The van der Waals surface area contributed by atoms with E-state index in [-0.39, 0.29) is 17.6 Å². The Bertz CT molecular complexity index is 695. The molecule has 0 aromatic heterocycles. The van der Waals surface area contributed by atoms with Gasteiger partial charge in [-0.25, -0.2) is 0 Å². The van der Waals surface area contributed by atoms with Crippen molar-refractivity contribution < 1.29 is 23.8 Å². The molecule has 1 aromatic carbocycles. The van der Waals surface area contributed by atoms with Crippen LogP contribution in [0.3, 0.4) is 0 Å². The third-order valence-corrected chi connectivity index (χ3v) is 11.2. The van der Waals surface area contributed by atoms with Crippen LogP contribution in [0.15, 0.2) is 22.7 Å². The van der Waals surface area contributed by atoms with Crippen molar-refractivity contribution in [1.82, 2.24) is 0 Å². The molecule has 1 aliphatic rings. The summed E-state index contributed by atoms with van der Waals surface area (Å²) in [6, 6.07) is 5.82. The van der Waals surface area contributed by atoms with E-state index >= 15 is 0 Å². The topological polar surface area (TPSA) is 65.0 Å². The molecule has 7 heteroatoms. The lowest BCUT2D eigenvalue weighted by Gasteiger charge is -2.42. The maximum atomic E-state index is 11.7. The van der Waals surface area contributed by atoms with Crippen molar-refractivity contribution in [2.24, 2.45) is 0 Å². The van der Waals surface area contributed by atoms with Crippen molar-refractivity contribution in [3.63, 3.8) is 0 Å². The highest BCUT2D eigenvalue weighted by Gasteiger charge is 2.42. The van der Waals surface area contributed by atoms with E-state index in [0.717, 1.165) is 35.7 Å². The monoisotopic (exact) mass is 486 g/mol. The van der Waals surface area contributed by atoms with Gasteiger partial charge < -0.3 is 19.0 Å². The van der Waals surface area contributed by atoms with Crippen LogP contribution in [-0.2, 0) is 14.0 Å². The number of halogens is 1. The molecule has 164 valence electrons. The number of rotatable bonds is 9. The Hall–Kier alpha value is -0.893. The van der Waals surface area contributed by atoms with Crippen LogP contribution < -0.4 is 4.74 Å². The average molecular weight is 488 g/mol. The lowest BCUT2D eigenvalue weighted by atomic mass is 10.0. The quantitative estimate of drug-likeness (QED) is 0.413. The van der Waals surface area contributed by atoms with Crippen LogP contribution in [0.25, 0.3) is 0 Å². The second kappa shape index (κ2) is 9.94. The molecule has 1 aromatic rings. The van der Waals surface area contributed by atoms with E-state index in [2.05, 4.69) is 49.8 Å². The Morgan fingerprint density at radius 3 is 2.41 bits per heavy atom. The van der Waals surface area contributed by atoms with Crippen LogP contribution in [0, 0.1) is 0 Å². The van der Waals surface area contributed by atoms with Gasteiger partial charge in [0.15, 0.2) is 8.32 Å². The summed E-state index contributed by atoms with van der Waals surface area (Å²) in [6.07, 6.45) is 3.22. The van der Waals surface area contributed by atoms with Crippen molar-refractivity contribution in [1.29, 1.82) is 0 Å². The smallest absolute Gasteiger partial charge is 0.306 e. The normalized spacial score (nSPS) is 17.9. The molecule has 0 amide bonds. The second-order valence-corrected chi connectivity index (χ2v) is 15.0. The zero-order chi connectivity index (χ0) is 21.8. The fraction of sp³-hybridized carbons (Fsp3) is 0.682. The van der Waals surface area contributed by atoms with Crippen LogP contribution in [0.2, 0.25) is 18.1 Å². The summed E-state index contributed by atoms with van der Waals surface area (Å²) in [6.45, 7) is 10.9. The molecule has 0 aliphatic heterocycles. The number of aliphatic carboxylic acids is 1. The molecule has 2 rings (SSSR count). The first kappa shape index (κ1) is 24.4. The first-order valence-electron chi connectivity index (χ1n) is 10.3. The van der Waals surface area contributed by atoms with Gasteiger partial charge in [0, 0.05) is 0 Å². The molecule has 1 aliphatic carbocycles. The van der Waals surface area contributed by atoms with E-state index in [1.165, 1.54) is 0 Å². The largest absolute Gasteiger partial charge is 0.496 e. The molecule has 1 N–H and O–H groups in total. The fourth-order valence-corrected chi connectivity index (χ4v) is 5.06. The zero-order valence-corrected chi connectivity index (χ0v) is 21.0. The van der Waals surface area contributed by atoms with E-state index in [4.69, 9.17) is 13.9 Å². The highest BCUT2D eigenvalue weighted by Crippen LogP contribution is 2.43. The molecular weight excluding hydrogens is 452 g/mol. The maximum absolute atomic E-state index is 11.7. The van der Waals surface area contributed by atoms with Gasteiger partial charge in [0.1, 0.15) is 5.75 Å². The zero-order valence-electron chi connectivity index (χ0n) is 18.5. The van der Waals surface area contributed by atoms with Gasteiger partial charge in [0.05, 0.1) is 36.3 Å². The Kier molecular flexibility index (Phi) is 8.36. The second-order valence-electron chi connectivity index (χ2n) is 9.37. The predicted molar refractivity (Wildman–Crippen MR) is 121 cm³/mol. The third-order valence-electron chi connectivity index (χ3n) is 6.11. The molecule has 0 bridgehead atoms. The van der Waals surface area contributed by atoms with Crippen molar-refractivity contribution in [2.45, 2.75) is 89.3 Å². The number of carboxylic acids is 1. The average Bonchev–Trinajstić information content (AvgIpc) is 3.11. The lowest BCUT2D eigenvalue weighted by molar-refractivity contribution is -0.145. The number of carbonyl (C=O) groups is 1. The van der Waals surface area contributed by atoms with Gasteiger partial charge in [-0.05, 0) is 64.6 Å². The summed E-state index contributed by atoms with van der Waals surface area (Å²) in [5.74, 6) is -0.179. The summed E-state index contributed by atoms with van der Waals surface area (Å²) in [5.41, 5.74) is 0.888. The summed E-state index contributed by atoms with van der Waals surface area (Å²) < 4.78 is 19.5. The van der Waals surface area contributed by atoms with E-state index in [1.807, 2.05) is 18.2 Å². The standard InChI is InChI=1S/C22H35BrO5Si/c1-22(2,3)29(5,6)28-21(15-11-12-17(23)18(13-15)26-4)19(14-20(24)25)27-16-9-7-8-10-16/h11-13,16,19,21H,7-10,14H2,1-6H3,(H,24,25)/t19-,21?/m0/s1. The molecule has 0 spiro atoms.